The molecule has 3 nitrogen and oxygen atoms in total. The Kier molecular flexibility index (Phi) is 5.32. The van der Waals surface area contributed by atoms with Crippen molar-refractivity contribution in [3.05, 3.63) is 64.1 Å². The van der Waals surface area contributed by atoms with E-state index in [1.54, 1.807) is 0 Å². The first kappa shape index (κ1) is 14.8. The molecule has 0 aromatic heterocycles. The van der Waals surface area contributed by atoms with E-state index in [0.29, 0.717) is 13.1 Å². The second-order valence-electron chi connectivity index (χ2n) is 4.65. The van der Waals surface area contributed by atoms with Gasteiger partial charge in [0.25, 0.3) is 0 Å². The van der Waals surface area contributed by atoms with E-state index in [4.69, 9.17) is 0 Å². The van der Waals surface area contributed by atoms with Gasteiger partial charge in [0, 0.05) is 16.7 Å². The zero-order valence-corrected chi connectivity index (χ0v) is 12.9. The van der Waals surface area contributed by atoms with Crippen LogP contribution in [0.5, 0.6) is 0 Å². The molecule has 0 bridgehead atoms. The van der Waals surface area contributed by atoms with Gasteiger partial charge in [-0.25, -0.2) is 0 Å². The number of hydrogen-bond acceptors (Lipinski definition) is 2. The van der Waals surface area contributed by atoms with Crippen molar-refractivity contribution in [2.24, 2.45) is 0 Å². The Morgan fingerprint density at radius 1 is 1.15 bits per heavy atom. The summed E-state index contributed by atoms with van der Waals surface area (Å²) >= 11 is 3.36. The number of carbonyl (C=O) groups is 1. The number of carbonyl (C=O) groups excluding carboxylic acids is 1. The summed E-state index contributed by atoms with van der Waals surface area (Å²) < 4.78 is 0.994. The van der Waals surface area contributed by atoms with Crippen molar-refractivity contribution in [3.8, 4) is 0 Å². The van der Waals surface area contributed by atoms with Gasteiger partial charge in [0.15, 0.2) is 0 Å². The first-order valence-electron chi connectivity index (χ1n) is 6.45. The molecule has 0 unspecified atom stereocenters. The average molecular weight is 333 g/mol. The Morgan fingerprint density at radius 3 is 2.60 bits per heavy atom. The molecule has 4 heteroatoms. The molecule has 0 saturated heterocycles. The number of hydrogen-bond donors (Lipinski definition) is 2. The Labute approximate surface area is 127 Å². The fourth-order valence-electron chi connectivity index (χ4n) is 1.88. The molecule has 0 aliphatic rings. The van der Waals surface area contributed by atoms with E-state index in [1.165, 1.54) is 11.1 Å². The minimum atomic E-state index is -0.0417. The molecule has 0 fully saturated rings. The smallest absolute Gasteiger partial charge is 0.238 e. The standard InChI is InChI=1S/C16H17BrN2O/c1-12-3-2-4-13(9-12)10-18-11-16(20)19-15-7-5-14(17)6-8-15/h2-9,18H,10-11H2,1H3,(H,19,20). The van der Waals surface area contributed by atoms with Gasteiger partial charge in [0.05, 0.1) is 6.54 Å². The van der Waals surface area contributed by atoms with Crippen molar-refractivity contribution < 1.29 is 4.79 Å². The highest BCUT2D eigenvalue weighted by Gasteiger charge is 2.02. The summed E-state index contributed by atoms with van der Waals surface area (Å²) in [6.45, 7) is 3.04. The third-order valence-corrected chi connectivity index (χ3v) is 3.35. The summed E-state index contributed by atoms with van der Waals surface area (Å²) in [5, 5.41) is 5.98. The lowest BCUT2D eigenvalue weighted by Crippen LogP contribution is -2.27. The van der Waals surface area contributed by atoms with E-state index in [0.717, 1.165) is 10.2 Å². The van der Waals surface area contributed by atoms with Gasteiger partial charge < -0.3 is 10.6 Å². The molecule has 2 rings (SSSR count). The van der Waals surface area contributed by atoms with Gasteiger partial charge in [0.2, 0.25) is 5.91 Å². The lowest BCUT2D eigenvalue weighted by molar-refractivity contribution is -0.115. The molecule has 20 heavy (non-hydrogen) atoms. The van der Waals surface area contributed by atoms with Crippen molar-refractivity contribution in [2.45, 2.75) is 13.5 Å². The normalized spacial score (nSPS) is 10.3. The van der Waals surface area contributed by atoms with E-state index in [1.807, 2.05) is 36.4 Å². The van der Waals surface area contributed by atoms with Gasteiger partial charge >= 0.3 is 0 Å². The highest BCUT2D eigenvalue weighted by Crippen LogP contribution is 2.13. The number of benzene rings is 2. The molecule has 0 aliphatic heterocycles. The molecule has 1 amide bonds. The van der Waals surface area contributed by atoms with Gasteiger partial charge in [-0.3, -0.25) is 4.79 Å². The van der Waals surface area contributed by atoms with Gasteiger partial charge in [-0.1, -0.05) is 45.8 Å². The SMILES string of the molecule is Cc1cccc(CNCC(=O)Nc2ccc(Br)cc2)c1. The van der Waals surface area contributed by atoms with Crippen molar-refractivity contribution in [1.82, 2.24) is 5.32 Å². The van der Waals surface area contributed by atoms with Crippen molar-refractivity contribution >= 4 is 27.5 Å². The molecule has 0 spiro atoms. The topological polar surface area (TPSA) is 41.1 Å². The van der Waals surface area contributed by atoms with Gasteiger partial charge in [-0.05, 0) is 36.8 Å². The van der Waals surface area contributed by atoms with Crippen LogP contribution in [0.3, 0.4) is 0 Å². The van der Waals surface area contributed by atoms with Crippen LogP contribution in [0.2, 0.25) is 0 Å². The van der Waals surface area contributed by atoms with Crippen molar-refractivity contribution in [2.75, 3.05) is 11.9 Å². The molecular formula is C16H17BrN2O. The van der Waals surface area contributed by atoms with E-state index in [-0.39, 0.29) is 5.91 Å². The molecule has 0 aliphatic carbocycles. The molecule has 2 N–H and O–H groups in total. The number of aryl methyl sites for hydroxylation is 1. The largest absolute Gasteiger partial charge is 0.325 e. The van der Waals surface area contributed by atoms with Gasteiger partial charge in [-0.15, -0.1) is 0 Å². The molecule has 2 aromatic rings. The summed E-state index contributed by atoms with van der Waals surface area (Å²) in [4.78, 5) is 11.8. The molecule has 0 radical (unpaired) electrons. The second-order valence-corrected chi connectivity index (χ2v) is 5.56. The van der Waals surface area contributed by atoms with Crippen LogP contribution in [-0.4, -0.2) is 12.5 Å². The first-order chi connectivity index (χ1) is 9.63. The predicted molar refractivity (Wildman–Crippen MR) is 85.7 cm³/mol. The Balaban J connectivity index is 1.76. The Morgan fingerprint density at radius 2 is 1.90 bits per heavy atom. The lowest BCUT2D eigenvalue weighted by atomic mass is 10.1. The lowest BCUT2D eigenvalue weighted by Gasteiger charge is -2.07. The summed E-state index contributed by atoms with van der Waals surface area (Å²) in [6, 6.07) is 15.8. The third-order valence-electron chi connectivity index (χ3n) is 2.83. The maximum atomic E-state index is 11.8. The van der Waals surface area contributed by atoms with E-state index in [9.17, 15) is 4.79 Å². The van der Waals surface area contributed by atoms with Crippen LogP contribution >= 0.6 is 15.9 Å². The third kappa shape index (κ3) is 4.79. The fraction of sp³-hybridized carbons (Fsp3) is 0.188. The Hall–Kier alpha value is -1.65. The number of amides is 1. The zero-order chi connectivity index (χ0) is 14.4. The maximum absolute atomic E-state index is 11.8. The monoisotopic (exact) mass is 332 g/mol. The highest BCUT2D eigenvalue weighted by atomic mass is 79.9. The van der Waals surface area contributed by atoms with Crippen molar-refractivity contribution in [3.63, 3.8) is 0 Å². The zero-order valence-electron chi connectivity index (χ0n) is 11.3. The molecule has 2 aromatic carbocycles. The van der Waals surface area contributed by atoms with Crippen LogP contribution in [0.15, 0.2) is 53.0 Å². The van der Waals surface area contributed by atoms with Gasteiger partial charge in [0.1, 0.15) is 0 Å². The highest BCUT2D eigenvalue weighted by molar-refractivity contribution is 9.10. The summed E-state index contributed by atoms with van der Waals surface area (Å²) in [5.74, 6) is -0.0417. The van der Waals surface area contributed by atoms with E-state index < -0.39 is 0 Å². The number of anilines is 1. The minimum Gasteiger partial charge on any atom is -0.325 e. The number of rotatable bonds is 5. The van der Waals surface area contributed by atoms with Crippen molar-refractivity contribution in [1.29, 1.82) is 0 Å². The summed E-state index contributed by atoms with van der Waals surface area (Å²) in [5.41, 5.74) is 3.21. The first-order valence-corrected chi connectivity index (χ1v) is 7.24. The molecule has 104 valence electrons. The summed E-state index contributed by atoms with van der Waals surface area (Å²) in [7, 11) is 0. The maximum Gasteiger partial charge on any atom is 0.238 e. The van der Waals surface area contributed by atoms with Crippen LogP contribution in [0.4, 0.5) is 5.69 Å². The van der Waals surface area contributed by atoms with Crippen LogP contribution in [0, 0.1) is 6.92 Å². The predicted octanol–water partition coefficient (Wildman–Crippen LogP) is 3.49. The molecule has 0 heterocycles. The minimum absolute atomic E-state index is 0.0417. The fourth-order valence-corrected chi connectivity index (χ4v) is 2.15. The van der Waals surface area contributed by atoms with Crippen LogP contribution in [-0.2, 0) is 11.3 Å². The van der Waals surface area contributed by atoms with E-state index >= 15 is 0 Å². The average Bonchev–Trinajstić information content (AvgIpc) is 2.41. The number of halogens is 1. The molecular weight excluding hydrogens is 316 g/mol. The summed E-state index contributed by atoms with van der Waals surface area (Å²) in [6.07, 6.45) is 0. The van der Waals surface area contributed by atoms with Crippen LogP contribution in [0.1, 0.15) is 11.1 Å². The number of nitrogens with one attached hydrogen (secondary N) is 2. The molecule has 0 saturated carbocycles. The second kappa shape index (κ2) is 7.22. The van der Waals surface area contributed by atoms with Crippen LogP contribution in [0.25, 0.3) is 0 Å². The quantitative estimate of drug-likeness (QED) is 0.879. The van der Waals surface area contributed by atoms with Gasteiger partial charge in [-0.2, -0.15) is 0 Å². The van der Waals surface area contributed by atoms with Crippen LogP contribution < -0.4 is 10.6 Å². The molecule has 0 atom stereocenters. The Bertz CT molecular complexity index is 581. The van der Waals surface area contributed by atoms with E-state index in [2.05, 4.69) is 45.6 Å².